The van der Waals surface area contributed by atoms with Crippen LogP contribution in [0.3, 0.4) is 0 Å². The number of hydrogen-bond acceptors (Lipinski definition) is 4. The largest absolute Gasteiger partial charge is 0.481 e. The van der Waals surface area contributed by atoms with Gasteiger partial charge in [0.05, 0.1) is 12.1 Å². The van der Waals surface area contributed by atoms with E-state index in [0.29, 0.717) is 18.7 Å². The van der Waals surface area contributed by atoms with Gasteiger partial charge in [0.2, 0.25) is 0 Å². The van der Waals surface area contributed by atoms with E-state index < -0.39 is 5.97 Å². The van der Waals surface area contributed by atoms with E-state index >= 15 is 0 Å². The summed E-state index contributed by atoms with van der Waals surface area (Å²) >= 11 is 0. The van der Waals surface area contributed by atoms with Crippen LogP contribution < -0.4 is 0 Å². The van der Waals surface area contributed by atoms with Crippen LogP contribution in [0.25, 0.3) is 0 Å². The smallest absolute Gasteiger partial charge is 0.309 e. The van der Waals surface area contributed by atoms with Crippen LogP contribution >= 0.6 is 0 Å². The second kappa shape index (κ2) is 5.33. The minimum absolute atomic E-state index is 0.0972. The van der Waals surface area contributed by atoms with Crippen molar-refractivity contribution in [2.75, 3.05) is 6.61 Å². The van der Waals surface area contributed by atoms with Gasteiger partial charge in [0.1, 0.15) is 0 Å². The van der Waals surface area contributed by atoms with Gasteiger partial charge in [0.25, 0.3) is 0 Å². The minimum Gasteiger partial charge on any atom is -0.481 e. The van der Waals surface area contributed by atoms with Crippen LogP contribution in [0, 0.1) is 0 Å². The van der Waals surface area contributed by atoms with Gasteiger partial charge in [-0.3, -0.25) is 9.48 Å². The summed E-state index contributed by atoms with van der Waals surface area (Å²) in [5, 5.41) is 24.5. The Morgan fingerprint density at radius 1 is 1.50 bits per heavy atom. The molecule has 2 N–H and O–H groups in total. The molecule has 78 valence electrons. The summed E-state index contributed by atoms with van der Waals surface area (Å²) < 4.78 is 1.59. The number of carboxylic acids is 1. The van der Waals surface area contributed by atoms with Crippen LogP contribution in [-0.2, 0) is 17.8 Å². The number of aliphatic hydroxyl groups is 1. The molecule has 0 aromatic carbocycles. The number of carbonyl (C=O) groups is 1. The fourth-order valence-corrected chi connectivity index (χ4v) is 1.07. The van der Waals surface area contributed by atoms with Crippen molar-refractivity contribution in [1.29, 1.82) is 0 Å². The zero-order valence-corrected chi connectivity index (χ0v) is 7.76. The molecule has 1 heterocycles. The van der Waals surface area contributed by atoms with Crippen molar-refractivity contribution in [1.82, 2.24) is 15.0 Å². The van der Waals surface area contributed by atoms with Gasteiger partial charge in [-0.05, 0) is 12.8 Å². The standard InChI is InChI=1S/C8H13N3O3/c12-4-2-1-3-11-6-7(9-10-11)5-8(13)14/h6,12H,1-5H2,(H,13,14). The number of nitrogens with zero attached hydrogens (tertiary/aromatic N) is 3. The van der Waals surface area contributed by atoms with Crippen LogP contribution in [0.5, 0.6) is 0 Å². The molecule has 0 fully saturated rings. The molecule has 0 bridgehead atoms. The summed E-state index contributed by atoms with van der Waals surface area (Å²) in [5.41, 5.74) is 0.460. The summed E-state index contributed by atoms with van der Waals surface area (Å²) in [7, 11) is 0. The molecule has 1 aromatic rings. The van der Waals surface area contributed by atoms with Crippen LogP contribution in [0.2, 0.25) is 0 Å². The fraction of sp³-hybridized carbons (Fsp3) is 0.625. The molecule has 0 aliphatic rings. The van der Waals surface area contributed by atoms with Crippen LogP contribution in [0.1, 0.15) is 18.5 Å². The lowest BCUT2D eigenvalue weighted by Crippen LogP contribution is -2.00. The maximum atomic E-state index is 10.3. The Morgan fingerprint density at radius 3 is 2.93 bits per heavy atom. The van der Waals surface area contributed by atoms with Gasteiger partial charge in [-0.25, -0.2) is 0 Å². The molecular weight excluding hydrogens is 186 g/mol. The van der Waals surface area contributed by atoms with Crippen molar-refractivity contribution in [3.63, 3.8) is 0 Å². The predicted octanol–water partition coefficient (Wildman–Crippen LogP) is -0.322. The van der Waals surface area contributed by atoms with E-state index in [1.807, 2.05) is 0 Å². The lowest BCUT2D eigenvalue weighted by molar-refractivity contribution is -0.136. The van der Waals surface area contributed by atoms with Gasteiger partial charge < -0.3 is 10.2 Å². The molecule has 0 atom stereocenters. The number of rotatable bonds is 6. The van der Waals surface area contributed by atoms with Crippen molar-refractivity contribution in [2.45, 2.75) is 25.8 Å². The zero-order valence-electron chi connectivity index (χ0n) is 7.76. The normalized spacial score (nSPS) is 10.4. The molecule has 0 aliphatic heterocycles. The zero-order chi connectivity index (χ0) is 10.4. The van der Waals surface area contributed by atoms with E-state index in [1.54, 1.807) is 10.9 Å². The number of unbranched alkanes of at least 4 members (excludes halogenated alkanes) is 1. The van der Waals surface area contributed by atoms with Crippen molar-refractivity contribution < 1.29 is 15.0 Å². The third-order valence-electron chi connectivity index (χ3n) is 1.71. The van der Waals surface area contributed by atoms with Gasteiger partial charge in [-0.1, -0.05) is 5.21 Å². The summed E-state index contributed by atoms with van der Waals surface area (Å²) in [6.45, 7) is 0.823. The average Bonchev–Trinajstić information content (AvgIpc) is 2.52. The van der Waals surface area contributed by atoms with Crippen molar-refractivity contribution in [3.8, 4) is 0 Å². The number of hydrogen-bond donors (Lipinski definition) is 2. The van der Waals surface area contributed by atoms with E-state index in [2.05, 4.69) is 10.3 Å². The molecule has 0 saturated carbocycles. The molecular formula is C8H13N3O3. The number of aliphatic carboxylic acids is 1. The maximum absolute atomic E-state index is 10.3. The highest BCUT2D eigenvalue weighted by atomic mass is 16.4. The average molecular weight is 199 g/mol. The van der Waals surface area contributed by atoms with Gasteiger partial charge >= 0.3 is 5.97 Å². The molecule has 1 rings (SSSR count). The van der Waals surface area contributed by atoms with Gasteiger partial charge in [0.15, 0.2) is 0 Å². The van der Waals surface area contributed by atoms with Crippen LogP contribution in [0.15, 0.2) is 6.20 Å². The van der Waals surface area contributed by atoms with Crippen LogP contribution in [-0.4, -0.2) is 37.8 Å². The first-order chi connectivity index (χ1) is 6.72. The van der Waals surface area contributed by atoms with E-state index in [4.69, 9.17) is 10.2 Å². The molecule has 6 nitrogen and oxygen atoms in total. The van der Waals surface area contributed by atoms with Crippen molar-refractivity contribution in [2.24, 2.45) is 0 Å². The van der Waals surface area contributed by atoms with Crippen molar-refractivity contribution >= 4 is 5.97 Å². The first kappa shape index (κ1) is 10.6. The second-order valence-electron chi connectivity index (χ2n) is 2.97. The first-order valence-electron chi connectivity index (χ1n) is 4.44. The molecule has 0 spiro atoms. The summed E-state index contributed by atoms with van der Waals surface area (Å²) in [4.78, 5) is 10.3. The Hall–Kier alpha value is -1.43. The summed E-state index contributed by atoms with van der Waals surface area (Å²) in [6, 6.07) is 0. The molecule has 1 aromatic heterocycles. The molecule has 0 unspecified atom stereocenters. The molecule has 14 heavy (non-hydrogen) atoms. The highest BCUT2D eigenvalue weighted by molar-refractivity contribution is 5.69. The topological polar surface area (TPSA) is 88.2 Å². The Kier molecular flexibility index (Phi) is 4.06. The van der Waals surface area contributed by atoms with E-state index in [1.165, 1.54) is 0 Å². The van der Waals surface area contributed by atoms with E-state index in [9.17, 15) is 4.79 Å². The van der Waals surface area contributed by atoms with E-state index in [-0.39, 0.29) is 13.0 Å². The minimum atomic E-state index is -0.910. The lowest BCUT2D eigenvalue weighted by atomic mass is 10.3. The monoisotopic (exact) mass is 199 g/mol. The SMILES string of the molecule is O=C(O)Cc1cn(CCCCO)nn1. The summed E-state index contributed by atoms with van der Waals surface area (Å²) in [6.07, 6.45) is 3.05. The molecule has 0 aliphatic carbocycles. The maximum Gasteiger partial charge on any atom is 0.309 e. The highest BCUT2D eigenvalue weighted by Gasteiger charge is 2.04. The highest BCUT2D eigenvalue weighted by Crippen LogP contribution is 1.97. The molecule has 0 radical (unpaired) electrons. The Balaban J connectivity index is 2.38. The fourth-order valence-electron chi connectivity index (χ4n) is 1.07. The molecule has 0 saturated heterocycles. The Labute approximate surface area is 81.2 Å². The van der Waals surface area contributed by atoms with Gasteiger partial charge in [0, 0.05) is 19.3 Å². The Bertz CT molecular complexity index is 298. The number of aliphatic hydroxyl groups excluding tert-OH is 1. The third kappa shape index (κ3) is 3.53. The quantitative estimate of drug-likeness (QED) is 0.613. The van der Waals surface area contributed by atoms with E-state index in [0.717, 1.165) is 6.42 Å². The van der Waals surface area contributed by atoms with Gasteiger partial charge in [-0.15, -0.1) is 5.10 Å². The second-order valence-corrected chi connectivity index (χ2v) is 2.97. The van der Waals surface area contributed by atoms with Crippen LogP contribution in [0.4, 0.5) is 0 Å². The van der Waals surface area contributed by atoms with Gasteiger partial charge in [-0.2, -0.15) is 0 Å². The predicted molar refractivity (Wildman–Crippen MR) is 47.7 cm³/mol. The Morgan fingerprint density at radius 2 is 2.29 bits per heavy atom. The first-order valence-corrected chi connectivity index (χ1v) is 4.44. The van der Waals surface area contributed by atoms with Crippen molar-refractivity contribution in [3.05, 3.63) is 11.9 Å². The summed E-state index contributed by atoms with van der Waals surface area (Å²) in [5.74, 6) is -0.910. The molecule has 0 amide bonds. The molecule has 6 heteroatoms. The number of aromatic nitrogens is 3. The third-order valence-corrected chi connectivity index (χ3v) is 1.71. The number of aryl methyl sites for hydroxylation is 1. The number of carboxylic acid groups (broad SMARTS) is 1. The lowest BCUT2D eigenvalue weighted by Gasteiger charge is -1.96.